The van der Waals surface area contributed by atoms with E-state index in [1.54, 1.807) is 12.1 Å². The molecule has 0 saturated carbocycles. The van der Waals surface area contributed by atoms with Gasteiger partial charge < -0.3 is 19.9 Å². The average Bonchev–Trinajstić information content (AvgIpc) is 2.54. The second-order valence-electron chi connectivity index (χ2n) is 5.31. The van der Waals surface area contributed by atoms with Crippen molar-refractivity contribution in [2.24, 2.45) is 0 Å². The van der Waals surface area contributed by atoms with Crippen molar-refractivity contribution in [2.75, 3.05) is 13.2 Å². The molecule has 0 radical (unpaired) electrons. The monoisotopic (exact) mass is 307 g/mol. The summed E-state index contributed by atoms with van der Waals surface area (Å²) in [5, 5.41) is 11.3. The number of rotatable bonds is 6. The van der Waals surface area contributed by atoms with Crippen LogP contribution in [0.15, 0.2) is 24.3 Å². The topological polar surface area (TPSA) is 84.9 Å². The molecule has 22 heavy (non-hydrogen) atoms. The van der Waals surface area contributed by atoms with Gasteiger partial charge in [0.2, 0.25) is 0 Å². The number of carboxylic acid groups (broad SMARTS) is 1. The summed E-state index contributed by atoms with van der Waals surface area (Å²) in [6.07, 6.45) is 1.84. The van der Waals surface area contributed by atoms with Gasteiger partial charge in [-0.3, -0.25) is 9.59 Å². The average molecular weight is 307 g/mol. The van der Waals surface area contributed by atoms with Crippen molar-refractivity contribution in [1.82, 2.24) is 5.32 Å². The van der Waals surface area contributed by atoms with Crippen molar-refractivity contribution >= 4 is 11.9 Å². The number of carbonyl (C=O) groups excluding carboxylic acids is 1. The minimum absolute atomic E-state index is 0.141. The van der Waals surface area contributed by atoms with Crippen LogP contribution in [0, 0.1) is 0 Å². The number of benzene rings is 1. The molecule has 1 fully saturated rings. The maximum Gasteiger partial charge on any atom is 0.325 e. The van der Waals surface area contributed by atoms with Gasteiger partial charge in [-0.25, -0.2) is 0 Å². The normalized spacial score (nSPS) is 17.0. The van der Waals surface area contributed by atoms with E-state index in [2.05, 4.69) is 5.32 Å². The van der Waals surface area contributed by atoms with Gasteiger partial charge in [-0.15, -0.1) is 0 Å². The van der Waals surface area contributed by atoms with Crippen LogP contribution in [0.1, 0.15) is 35.7 Å². The van der Waals surface area contributed by atoms with E-state index in [0.29, 0.717) is 25.4 Å². The molecule has 2 rings (SSSR count). The Bertz CT molecular complexity index is 525. The minimum Gasteiger partial charge on any atom is -0.480 e. The van der Waals surface area contributed by atoms with E-state index < -0.39 is 17.9 Å². The maximum atomic E-state index is 12.2. The van der Waals surface area contributed by atoms with Crippen molar-refractivity contribution in [2.45, 2.75) is 38.5 Å². The largest absolute Gasteiger partial charge is 0.480 e. The summed E-state index contributed by atoms with van der Waals surface area (Å²) in [5.41, 5.74) is 1.20. The van der Waals surface area contributed by atoms with E-state index in [-0.39, 0.29) is 6.10 Å². The highest BCUT2D eigenvalue weighted by Crippen LogP contribution is 2.16. The van der Waals surface area contributed by atoms with Gasteiger partial charge in [-0.2, -0.15) is 0 Å². The van der Waals surface area contributed by atoms with Crippen LogP contribution in [0.4, 0.5) is 0 Å². The van der Waals surface area contributed by atoms with E-state index in [9.17, 15) is 9.59 Å². The van der Waals surface area contributed by atoms with Crippen molar-refractivity contribution < 1.29 is 24.2 Å². The molecule has 0 unspecified atom stereocenters. The van der Waals surface area contributed by atoms with Gasteiger partial charge in [-0.05, 0) is 31.4 Å². The molecule has 0 bridgehead atoms. The summed E-state index contributed by atoms with van der Waals surface area (Å²) in [7, 11) is 0. The quantitative estimate of drug-likeness (QED) is 0.833. The molecule has 0 aliphatic carbocycles. The van der Waals surface area contributed by atoms with Gasteiger partial charge in [0.05, 0.1) is 12.7 Å². The van der Waals surface area contributed by atoms with E-state index >= 15 is 0 Å². The van der Waals surface area contributed by atoms with Crippen LogP contribution in [0.2, 0.25) is 0 Å². The summed E-state index contributed by atoms with van der Waals surface area (Å²) >= 11 is 0. The van der Waals surface area contributed by atoms with Gasteiger partial charge >= 0.3 is 5.97 Å². The first-order valence-electron chi connectivity index (χ1n) is 7.39. The Kier molecular flexibility index (Phi) is 5.91. The summed E-state index contributed by atoms with van der Waals surface area (Å²) in [6.45, 7) is 3.16. The smallest absolute Gasteiger partial charge is 0.325 e. The van der Waals surface area contributed by atoms with Crippen LogP contribution in [0.3, 0.4) is 0 Å². The Morgan fingerprint density at radius 1 is 1.36 bits per heavy atom. The molecule has 1 saturated heterocycles. The van der Waals surface area contributed by atoms with Crippen LogP contribution in [-0.2, 0) is 20.9 Å². The molecule has 2 N–H and O–H groups in total. The van der Waals surface area contributed by atoms with E-state index in [4.69, 9.17) is 14.6 Å². The molecular weight excluding hydrogens is 286 g/mol. The molecule has 1 amide bonds. The molecule has 0 spiro atoms. The third-order valence-electron chi connectivity index (χ3n) is 3.62. The maximum absolute atomic E-state index is 12.2. The van der Waals surface area contributed by atoms with Gasteiger partial charge in [0.25, 0.3) is 5.91 Å². The number of carboxylic acids is 1. The predicted molar refractivity (Wildman–Crippen MR) is 79.6 cm³/mol. The summed E-state index contributed by atoms with van der Waals surface area (Å²) < 4.78 is 11.1. The third-order valence-corrected chi connectivity index (χ3v) is 3.62. The third kappa shape index (κ3) is 4.54. The molecule has 120 valence electrons. The second-order valence-corrected chi connectivity index (χ2v) is 5.31. The van der Waals surface area contributed by atoms with Crippen LogP contribution in [-0.4, -0.2) is 42.3 Å². The van der Waals surface area contributed by atoms with Gasteiger partial charge in [0.1, 0.15) is 6.04 Å². The van der Waals surface area contributed by atoms with Crippen molar-refractivity contribution in [3.05, 3.63) is 35.4 Å². The fraction of sp³-hybridized carbons (Fsp3) is 0.500. The first-order chi connectivity index (χ1) is 10.6. The Hall–Kier alpha value is -1.92. The highest BCUT2D eigenvalue weighted by molar-refractivity contribution is 5.97. The first-order valence-corrected chi connectivity index (χ1v) is 7.39. The van der Waals surface area contributed by atoms with Gasteiger partial charge in [0, 0.05) is 18.8 Å². The lowest BCUT2D eigenvalue weighted by atomic mass is 10.1. The summed E-state index contributed by atoms with van der Waals surface area (Å²) in [6, 6.07) is 6.14. The van der Waals surface area contributed by atoms with E-state index in [0.717, 1.165) is 18.4 Å². The Labute approximate surface area is 129 Å². The molecule has 1 aromatic carbocycles. The molecule has 1 heterocycles. The molecule has 6 heteroatoms. The molecule has 1 aliphatic heterocycles. The fourth-order valence-electron chi connectivity index (χ4n) is 2.25. The molecule has 1 atom stereocenters. The molecule has 1 aromatic rings. The summed E-state index contributed by atoms with van der Waals surface area (Å²) in [4.78, 5) is 23.0. The zero-order chi connectivity index (χ0) is 15.9. The Morgan fingerprint density at radius 2 is 2.05 bits per heavy atom. The summed E-state index contributed by atoms with van der Waals surface area (Å²) in [5.74, 6) is -1.47. The zero-order valence-corrected chi connectivity index (χ0v) is 12.6. The van der Waals surface area contributed by atoms with Crippen molar-refractivity contribution in [3.63, 3.8) is 0 Å². The minimum atomic E-state index is -1.07. The van der Waals surface area contributed by atoms with Crippen LogP contribution >= 0.6 is 0 Å². The zero-order valence-electron chi connectivity index (χ0n) is 12.6. The predicted octanol–water partition coefficient (Wildman–Crippen LogP) is 1.59. The number of aliphatic carboxylic acids is 1. The molecule has 6 nitrogen and oxygen atoms in total. The number of carbonyl (C=O) groups is 2. The number of nitrogens with one attached hydrogen (secondary N) is 1. The number of hydrogen-bond acceptors (Lipinski definition) is 4. The number of amides is 1. The molecule has 1 aliphatic rings. The lowest BCUT2D eigenvalue weighted by Gasteiger charge is -2.23. The van der Waals surface area contributed by atoms with Crippen LogP contribution in [0.25, 0.3) is 0 Å². The second kappa shape index (κ2) is 7.91. The Morgan fingerprint density at radius 3 is 2.73 bits per heavy atom. The van der Waals surface area contributed by atoms with Crippen molar-refractivity contribution in [3.8, 4) is 0 Å². The number of hydrogen-bond donors (Lipinski definition) is 2. The van der Waals surface area contributed by atoms with Crippen LogP contribution < -0.4 is 5.32 Å². The lowest BCUT2D eigenvalue weighted by molar-refractivity contribution is -0.138. The lowest BCUT2D eigenvalue weighted by Crippen LogP contribution is -2.38. The van der Waals surface area contributed by atoms with E-state index in [1.165, 1.54) is 6.92 Å². The first kappa shape index (κ1) is 16.5. The van der Waals surface area contributed by atoms with Crippen molar-refractivity contribution in [1.29, 1.82) is 0 Å². The van der Waals surface area contributed by atoms with Gasteiger partial charge in [-0.1, -0.05) is 18.2 Å². The Balaban J connectivity index is 1.99. The van der Waals surface area contributed by atoms with Crippen LogP contribution in [0.5, 0.6) is 0 Å². The van der Waals surface area contributed by atoms with Gasteiger partial charge in [0.15, 0.2) is 0 Å². The highest BCUT2D eigenvalue weighted by atomic mass is 16.5. The molecule has 0 aromatic heterocycles. The highest BCUT2D eigenvalue weighted by Gasteiger charge is 2.19. The number of ether oxygens (including phenoxy) is 2. The van der Waals surface area contributed by atoms with E-state index in [1.807, 2.05) is 12.1 Å². The standard InChI is InChI=1S/C16H21NO5/c1-11(16(19)20)17-15(18)14-5-3-2-4-12(14)10-22-13-6-8-21-9-7-13/h2-5,11,13H,6-10H2,1H3,(H,17,18)(H,19,20)/t11-/m1/s1. The molecular formula is C16H21NO5. The fourth-order valence-corrected chi connectivity index (χ4v) is 2.25. The SMILES string of the molecule is C[C@@H](NC(=O)c1ccccc1COC1CCOCC1)C(=O)O.